The third-order valence-corrected chi connectivity index (χ3v) is 2.95. The smallest absolute Gasteiger partial charge is 0.0143 e. The third-order valence-electron chi connectivity index (χ3n) is 1.85. The standard InChI is InChI=1S/C8H18BrN/c1-4-8(9)6-5-7(2)10-3/h7-8,10H,4-6H2,1-3H3. The van der Waals surface area contributed by atoms with Crippen molar-refractivity contribution in [2.24, 2.45) is 0 Å². The van der Waals surface area contributed by atoms with E-state index >= 15 is 0 Å². The van der Waals surface area contributed by atoms with E-state index in [2.05, 4.69) is 35.1 Å². The van der Waals surface area contributed by atoms with Gasteiger partial charge in [-0.1, -0.05) is 22.9 Å². The minimum atomic E-state index is 0.659. The minimum absolute atomic E-state index is 0.659. The molecule has 0 aliphatic heterocycles. The molecule has 0 aromatic rings. The van der Waals surface area contributed by atoms with Crippen molar-refractivity contribution >= 4 is 15.9 Å². The van der Waals surface area contributed by atoms with Gasteiger partial charge in [0, 0.05) is 10.9 Å². The van der Waals surface area contributed by atoms with Crippen molar-refractivity contribution in [3.63, 3.8) is 0 Å². The van der Waals surface area contributed by atoms with E-state index in [4.69, 9.17) is 0 Å². The summed E-state index contributed by atoms with van der Waals surface area (Å²) in [4.78, 5) is 0.711. The molecule has 0 heterocycles. The van der Waals surface area contributed by atoms with Crippen molar-refractivity contribution in [3.05, 3.63) is 0 Å². The zero-order chi connectivity index (χ0) is 7.98. The van der Waals surface area contributed by atoms with Crippen molar-refractivity contribution in [2.45, 2.75) is 44.0 Å². The quantitative estimate of drug-likeness (QED) is 0.684. The van der Waals surface area contributed by atoms with E-state index in [1.807, 2.05) is 7.05 Å². The highest BCUT2D eigenvalue weighted by Gasteiger charge is 2.03. The molecule has 10 heavy (non-hydrogen) atoms. The summed E-state index contributed by atoms with van der Waals surface area (Å²) < 4.78 is 0. The van der Waals surface area contributed by atoms with Gasteiger partial charge in [0.25, 0.3) is 0 Å². The van der Waals surface area contributed by atoms with Gasteiger partial charge >= 0.3 is 0 Å². The molecule has 0 fully saturated rings. The highest BCUT2D eigenvalue weighted by atomic mass is 79.9. The van der Waals surface area contributed by atoms with Crippen molar-refractivity contribution in [3.8, 4) is 0 Å². The van der Waals surface area contributed by atoms with Crippen molar-refractivity contribution in [2.75, 3.05) is 7.05 Å². The molecule has 2 atom stereocenters. The predicted octanol–water partition coefficient (Wildman–Crippen LogP) is 2.55. The molecule has 0 saturated heterocycles. The fraction of sp³-hybridized carbons (Fsp3) is 1.00. The van der Waals surface area contributed by atoms with E-state index in [9.17, 15) is 0 Å². The minimum Gasteiger partial charge on any atom is -0.317 e. The first-order valence-electron chi connectivity index (χ1n) is 4.02. The number of rotatable bonds is 5. The van der Waals surface area contributed by atoms with Crippen LogP contribution in [0.3, 0.4) is 0 Å². The Morgan fingerprint density at radius 3 is 2.40 bits per heavy atom. The summed E-state index contributed by atoms with van der Waals surface area (Å²) in [7, 11) is 2.01. The molecule has 0 aliphatic rings. The van der Waals surface area contributed by atoms with Gasteiger partial charge in [0.2, 0.25) is 0 Å². The average molecular weight is 208 g/mol. The van der Waals surface area contributed by atoms with Crippen molar-refractivity contribution in [1.29, 1.82) is 0 Å². The zero-order valence-corrected chi connectivity index (χ0v) is 8.74. The lowest BCUT2D eigenvalue weighted by Gasteiger charge is -2.11. The van der Waals surface area contributed by atoms with Gasteiger partial charge < -0.3 is 5.32 Å². The Morgan fingerprint density at radius 2 is 2.00 bits per heavy atom. The molecule has 1 N–H and O–H groups in total. The van der Waals surface area contributed by atoms with Crippen molar-refractivity contribution in [1.82, 2.24) is 5.32 Å². The van der Waals surface area contributed by atoms with Crippen LogP contribution in [0.2, 0.25) is 0 Å². The number of nitrogens with one attached hydrogen (secondary N) is 1. The molecule has 0 radical (unpaired) electrons. The zero-order valence-electron chi connectivity index (χ0n) is 7.15. The summed E-state index contributed by atoms with van der Waals surface area (Å²) in [5, 5.41) is 3.22. The SMILES string of the molecule is CCC(Br)CCC(C)NC. The van der Waals surface area contributed by atoms with Gasteiger partial charge in [-0.3, -0.25) is 0 Å². The number of hydrogen-bond acceptors (Lipinski definition) is 1. The van der Waals surface area contributed by atoms with Gasteiger partial charge in [-0.05, 0) is 33.2 Å². The van der Waals surface area contributed by atoms with Gasteiger partial charge in [0.05, 0.1) is 0 Å². The van der Waals surface area contributed by atoms with E-state index in [-0.39, 0.29) is 0 Å². The maximum atomic E-state index is 3.61. The highest BCUT2D eigenvalue weighted by molar-refractivity contribution is 9.09. The number of alkyl halides is 1. The Labute approximate surface area is 72.7 Å². The Morgan fingerprint density at radius 1 is 1.40 bits per heavy atom. The Bertz CT molecular complexity index is 65.7. The van der Waals surface area contributed by atoms with E-state index in [1.54, 1.807) is 0 Å². The van der Waals surface area contributed by atoms with Gasteiger partial charge in [-0.25, -0.2) is 0 Å². The average Bonchev–Trinajstić information content (AvgIpc) is 1.99. The maximum Gasteiger partial charge on any atom is 0.0143 e. The third kappa shape index (κ3) is 5.24. The molecule has 0 aliphatic carbocycles. The molecule has 0 aromatic carbocycles. The van der Waals surface area contributed by atoms with Crippen LogP contribution in [-0.2, 0) is 0 Å². The summed E-state index contributed by atoms with van der Waals surface area (Å²) >= 11 is 3.61. The molecule has 62 valence electrons. The molecule has 0 rings (SSSR count). The fourth-order valence-corrected chi connectivity index (χ4v) is 1.04. The van der Waals surface area contributed by atoms with E-state index in [0.29, 0.717) is 10.9 Å². The molecular formula is C8H18BrN. The van der Waals surface area contributed by atoms with Crippen LogP contribution in [0.15, 0.2) is 0 Å². The summed E-state index contributed by atoms with van der Waals surface area (Å²) in [6.07, 6.45) is 3.77. The summed E-state index contributed by atoms with van der Waals surface area (Å²) in [5.74, 6) is 0. The second-order valence-electron chi connectivity index (χ2n) is 2.77. The number of halogens is 1. The van der Waals surface area contributed by atoms with Gasteiger partial charge in [0.15, 0.2) is 0 Å². The van der Waals surface area contributed by atoms with Gasteiger partial charge in [-0.15, -0.1) is 0 Å². The molecule has 2 unspecified atom stereocenters. The first kappa shape index (κ1) is 10.4. The van der Waals surface area contributed by atoms with E-state index in [0.717, 1.165) is 0 Å². The molecule has 0 saturated carbocycles. The van der Waals surface area contributed by atoms with Crippen LogP contribution in [0.5, 0.6) is 0 Å². The molecule has 2 heteroatoms. The molecule has 0 spiro atoms. The van der Waals surface area contributed by atoms with Crippen LogP contribution in [0.1, 0.15) is 33.1 Å². The first-order chi connectivity index (χ1) is 4.70. The fourth-order valence-electron chi connectivity index (χ4n) is 0.779. The molecule has 1 nitrogen and oxygen atoms in total. The second-order valence-corrected chi connectivity index (χ2v) is 4.07. The van der Waals surface area contributed by atoms with E-state index < -0.39 is 0 Å². The van der Waals surface area contributed by atoms with Crippen LogP contribution in [0.4, 0.5) is 0 Å². The largest absolute Gasteiger partial charge is 0.317 e. The van der Waals surface area contributed by atoms with E-state index in [1.165, 1.54) is 19.3 Å². The van der Waals surface area contributed by atoms with Crippen LogP contribution in [0, 0.1) is 0 Å². The lowest BCUT2D eigenvalue weighted by molar-refractivity contribution is 0.533. The Balaban J connectivity index is 3.17. The lowest BCUT2D eigenvalue weighted by Crippen LogP contribution is -2.21. The first-order valence-corrected chi connectivity index (χ1v) is 4.93. The summed E-state index contributed by atoms with van der Waals surface area (Å²) in [6.45, 7) is 4.43. The van der Waals surface area contributed by atoms with Crippen LogP contribution in [0.25, 0.3) is 0 Å². The monoisotopic (exact) mass is 207 g/mol. The number of hydrogen-bond donors (Lipinski definition) is 1. The Hall–Kier alpha value is 0.440. The summed E-state index contributed by atoms with van der Waals surface area (Å²) in [5.41, 5.74) is 0. The molecule has 0 bridgehead atoms. The van der Waals surface area contributed by atoms with Gasteiger partial charge in [0.1, 0.15) is 0 Å². The Kier molecular flexibility index (Phi) is 6.44. The van der Waals surface area contributed by atoms with Crippen LogP contribution in [-0.4, -0.2) is 17.9 Å². The van der Waals surface area contributed by atoms with Crippen molar-refractivity contribution < 1.29 is 0 Å². The summed E-state index contributed by atoms with van der Waals surface area (Å²) in [6, 6.07) is 0.659. The second kappa shape index (κ2) is 6.17. The molecular weight excluding hydrogens is 190 g/mol. The highest BCUT2D eigenvalue weighted by Crippen LogP contribution is 2.12. The predicted molar refractivity (Wildman–Crippen MR) is 50.8 cm³/mol. The van der Waals surface area contributed by atoms with Crippen LogP contribution < -0.4 is 5.32 Å². The molecule has 0 amide bonds. The normalized spacial score (nSPS) is 16.8. The molecule has 0 aromatic heterocycles. The van der Waals surface area contributed by atoms with Gasteiger partial charge in [-0.2, -0.15) is 0 Å². The topological polar surface area (TPSA) is 12.0 Å². The lowest BCUT2D eigenvalue weighted by atomic mass is 10.1. The van der Waals surface area contributed by atoms with Crippen LogP contribution >= 0.6 is 15.9 Å². The maximum absolute atomic E-state index is 3.61.